The number of anilines is 2. The Kier molecular flexibility index (Phi) is 7.07. The Morgan fingerprint density at radius 3 is 2.59 bits per heavy atom. The van der Waals surface area contributed by atoms with Crippen LogP contribution in [0.4, 0.5) is 21.5 Å². The van der Waals surface area contributed by atoms with E-state index in [9.17, 15) is 9.90 Å². The van der Waals surface area contributed by atoms with Gasteiger partial charge in [-0.05, 0) is 61.7 Å². The van der Waals surface area contributed by atoms with Crippen LogP contribution >= 0.6 is 11.6 Å². The highest BCUT2D eigenvalue weighted by atomic mass is 35.5. The van der Waals surface area contributed by atoms with Crippen molar-refractivity contribution in [1.29, 1.82) is 0 Å². The van der Waals surface area contributed by atoms with Gasteiger partial charge in [0.2, 0.25) is 0 Å². The van der Waals surface area contributed by atoms with Crippen molar-refractivity contribution in [3.05, 3.63) is 82.6 Å². The molecule has 1 unspecified atom stereocenters. The summed E-state index contributed by atoms with van der Waals surface area (Å²) in [5, 5.41) is 10.6. The number of aliphatic imine (C=N–C) groups is 1. The molecule has 1 atom stereocenters. The molecular formula is C29H29ClFN3O3. The molecule has 5 rings (SSSR count). The van der Waals surface area contributed by atoms with Gasteiger partial charge >= 0.3 is 5.97 Å². The maximum Gasteiger partial charge on any atom is 0.305 e. The van der Waals surface area contributed by atoms with E-state index < -0.39 is 17.8 Å². The molecule has 37 heavy (non-hydrogen) atoms. The van der Waals surface area contributed by atoms with E-state index in [4.69, 9.17) is 21.3 Å². The minimum absolute atomic E-state index is 0.00436. The monoisotopic (exact) mass is 521 g/mol. The lowest BCUT2D eigenvalue weighted by molar-refractivity contribution is -0.137. The summed E-state index contributed by atoms with van der Waals surface area (Å²) in [5.41, 5.74) is 3.59. The third kappa shape index (κ3) is 5.01. The number of aliphatic carboxylic acids is 1. The first-order chi connectivity index (χ1) is 17.9. The van der Waals surface area contributed by atoms with Gasteiger partial charge in [-0.25, -0.2) is 9.38 Å². The molecular weight excluding hydrogens is 493 g/mol. The molecule has 0 spiro atoms. The largest absolute Gasteiger partial charge is 0.495 e. The van der Waals surface area contributed by atoms with Crippen molar-refractivity contribution in [3.8, 4) is 5.75 Å². The zero-order valence-electron chi connectivity index (χ0n) is 20.8. The third-order valence-electron chi connectivity index (χ3n) is 7.16. The number of piperidine rings is 1. The summed E-state index contributed by atoms with van der Waals surface area (Å²) in [6.07, 6.45) is 1.35. The fourth-order valence-corrected chi connectivity index (χ4v) is 5.57. The van der Waals surface area contributed by atoms with Crippen LogP contribution in [0.5, 0.6) is 5.75 Å². The van der Waals surface area contributed by atoms with Gasteiger partial charge in [-0.1, -0.05) is 35.9 Å². The molecule has 0 aromatic heterocycles. The second kappa shape index (κ2) is 10.4. The van der Waals surface area contributed by atoms with Gasteiger partial charge in [0.1, 0.15) is 23.1 Å². The van der Waals surface area contributed by atoms with E-state index in [1.807, 2.05) is 54.3 Å². The second-order valence-electron chi connectivity index (χ2n) is 9.55. The van der Waals surface area contributed by atoms with Gasteiger partial charge in [0.05, 0.1) is 25.3 Å². The van der Waals surface area contributed by atoms with Gasteiger partial charge in [-0.3, -0.25) is 4.79 Å². The van der Waals surface area contributed by atoms with Gasteiger partial charge < -0.3 is 19.6 Å². The van der Waals surface area contributed by atoms with Crippen molar-refractivity contribution < 1.29 is 19.0 Å². The Labute approximate surface area is 221 Å². The minimum atomic E-state index is -0.964. The van der Waals surface area contributed by atoms with E-state index in [0.717, 1.165) is 42.9 Å². The van der Waals surface area contributed by atoms with Crippen LogP contribution in [0.3, 0.4) is 0 Å². The summed E-state index contributed by atoms with van der Waals surface area (Å²) < 4.78 is 20.8. The van der Waals surface area contributed by atoms with Crippen LogP contribution in [0.25, 0.3) is 0 Å². The topological polar surface area (TPSA) is 65.4 Å². The highest BCUT2D eigenvalue weighted by molar-refractivity contribution is 6.30. The average molecular weight is 522 g/mol. The summed E-state index contributed by atoms with van der Waals surface area (Å²) in [4.78, 5) is 21.2. The number of ether oxygens (including phenoxy) is 1. The number of carbonyl (C=O) groups is 1. The number of halogens is 2. The van der Waals surface area contributed by atoms with Crippen molar-refractivity contribution in [3.63, 3.8) is 0 Å². The Morgan fingerprint density at radius 2 is 1.89 bits per heavy atom. The van der Waals surface area contributed by atoms with Crippen molar-refractivity contribution >= 4 is 40.5 Å². The quantitative estimate of drug-likeness (QED) is 0.387. The summed E-state index contributed by atoms with van der Waals surface area (Å²) >= 11 is 6.22. The van der Waals surface area contributed by atoms with Crippen LogP contribution in [0.1, 0.15) is 36.4 Å². The van der Waals surface area contributed by atoms with E-state index >= 15 is 4.39 Å². The van der Waals surface area contributed by atoms with Crippen LogP contribution in [-0.2, 0) is 4.79 Å². The van der Waals surface area contributed by atoms with Crippen LogP contribution in [0, 0.1) is 18.7 Å². The number of carboxylic acid groups (broad SMARTS) is 1. The van der Waals surface area contributed by atoms with Gasteiger partial charge in [-0.15, -0.1) is 0 Å². The Bertz CT molecular complexity index is 1350. The van der Waals surface area contributed by atoms with Crippen LogP contribution in [0.15, 0.2) is 65.7 Å². The first-order valence-electron chi connectivity index (χ1n) is 12.4. The zero-order valence-corrected chi connectivity index (χ0v) is 21.6. The van der Waals surface area contributed by atoms with E-state index in [1.54, 1.807) is 19.2 Å². The molecule has 8 heteroatoms. The molecule has 2 aliphatic heterocycles. The van der Waals surface area contributed by atoms with E-state index in [2.05, 4.69) is 4.90 Å². The SMILES string of the molecule is COc1ccc(C)cc1N1C(C2CCN(c3cccc(Cl)c3)CC2)=Nc2c(F)cccc2C1CC(=O)O. The number of amidine groups is 1. The van der Waals surface area contributed by atoms with Crippen molar-refractivity contribution in [2.24, 2.45) is 10.9 Å². The molecule has 3 aromatic carbocycles. The molecule has 6 nitrogen and oxygen atoms in total. The summed E-state index contributed by atoms with van der Waals surface area (Å²) in [6.45, 7) is 3.53. The Balaban J connectivity index is 1.58. The molecule has 0 aliphatic carbocycles. The van der Waals surface area contributed by atoms with Crippen molar-refractivity contribution in [2.45, 2.75) is 32.2 Å². The number of benzene rings is 3. The summed E-state index contributed by atoms with van der Waals surface area (Å²) in [5.74, 6) is -0.112. The van der Waals surface area contributed by atoms with E-state index in [-0.39, 0.29) is 18.0 Å². The third-order valence-corrected chi connectivity index (χ3v) is 7.39. The number of rotatable bonds is 6. The molecule has 0 amide bonds. The lowest BCUT2D eigenvalue weighted by Crippen LogP contribution is -2.46. The van der Waals surface area contributed by atoms with E-state index in [1.165, 1.54) is 6.07 Å². The predicted octanol–water partition coefficient (Wildman–Crippen LogP) is 6.78. The molecule has 1 fully saturated rings. The fraction of sp³-hybridized carbons (Fsp3) is 0.310. The molecule has 3 aromatic rings. The first kappa shape index (κ1) is 25.1. The highest BCUT2D eigenvalue weighted by Gasteiger charge is 2.39. The number of para-hydroxylation sites is 1. The average Bonchev–Trinajstić information content (AvgIpc) is 2.89. The summed E-state index contributed by atoms with van der Waals surface area (Å²) in [6, 6.07) is 17.7. The molecule has 1 saturated heterocycles. The van der Waals surface area contributed by atoms with Gasteiger partial charge in [0.25, 0.3) is 0 Å². The lowest BCUT2D eigenvalue weighted by Gasteiger charge is -2.43. The van der Waals surface area contributed by atoms with Crippen LogP contribution in [-0.4, -0.2) is 37.1 Å². The van der Waals surface area contributed by atoms with Gasteiger partial charge in [-0.2, -0.15) is 0 Å². The molecule has 0 saturated carbocycles. The number of hydrogen-bond donors (Lipinski definition) is 1. The highest BCUT2D eigenvalue weighted by Crippen LogP contribution is 2.46. The number of hydrogen-bond acceptors (Lipinski definition) is 5. The fourth-order valence-electron chi connectivity index (χ4n) is 5.39. The number of fused-ring (bicyclic) bond motifs is 1. The van der Waals surface area contributed by atoms with Crippen molar-refractivity contribution in [2.75, 3.05) is 30.0 Å². The molecule has 2 heterocycles. The summed E-state index contributed by atoms with van der Waals surface area (Å²) in [7, 11) is 1.60. The molecule has 2 aliphatic rings. The first-order valence-corrected chi connectivity index (χ1v) is 12.8. The maximum atomic E-state index is 15.1. The smallest absolute Gasteiger partial charge is 0.305 e. The van der Waals surface area contributed by atoms with Crippen LogP contribution in [0.2, 0.25) is 5.02 Å². The second-order valence-corrected chi connectivity index (χ2v) is 9.98. The number of nitrogens with zero attached hydrogens (tertiary/aromatic N) is 3. The molecule has 0 bridgehead atoms. The van der Waals surface area contributed by atoms with Gasteiger partial charge in [0.15, 0.2) is 0 Å². The molecule has 1 N–H and O–H groups in total. The minimum Gasteiger partial charge on any atom is -0.495 e. The molecule has 0 radical (unpaired) electrons. The number of aryl methyl sites for hydroxylation is 1. The zero-order chi connectivity index (χ0) is 26.1. The number of methoxy groups -OCH3 is 1. The maximum absolute atomic E-state index is 15.1. The van der Waals surface area contributed by atoms with Crippen LogP contribution < -0.4 is 14.5 Å². The van der Waals surface area contributed by atoms with Crippen molar-refractivity contribution in [1.82, 2.24) is 0 Å². The predicted molar refractivity (Wildman–Crippen MR) is 145 cm³/mol. The normalized spacial score (nSPS) is 17.8. The van der Waals surface area contributed by atoms with E-state index in [0.29, 0.717) is 22.2 Å². The standard InChI is InChI=1S/C29H29ClFN3O3/c1-18-9-10-26(37-2)25(15-18)34-24(17-27(35)36)22-7-4-8-23(31)28(22)32-29(34)19-11-13-33(14-12-19)21-6-3-5-20(30)16-21/h3-10,15-16,19,24H,11-14,17H2,1-2H3,(H,35,36). The Morgan fingerprint density at radius 1 is 1.14 bits per heavy atom. The molecule has 192 valence electrons. The lowest BCUT2D eigenvalue weighted by atomic mass is 9.89. The number of carboxylic acids is 1. The van der Waals surface area contributed by atoms with Gasteiger partial charge in [0, 0.05) is 35.3 Å². The Hall–Kier alpha value is -3.58.